The first-order chi connectivity index (χ1) is 18.3. The molecule has 38 heavy (non-hydrogen) atoms. The van der Waals surface area contributed by atoms with E-state index in [0.717, 1.165) is 49.8 Å². The van der Waals surface area contributed by atoms with E-state index >= 15 is 0 Å². The molecule has 0 spiro atoms. The number of thiazole rings is 1. The third-order valence-corrected chi connectivity index (χ3v) is 9.85. The maximum atomic E-state index is 12.6. The van der Waals surface area contributed by atoms with Crippen molar-refractivity contribution in [3.05, 3.63) is 40.4 Å². The van der Waals surface area contributed by atoms with E-state index in [1.807, 2.05) is 19.1 Å². The van der Waals surface area contributed by atoms with Crippen LogP contribution in [0.3, 0.4) is 0 Å². The summed E-state index contributed by atoms with van der Waals surface area (Å²) in [6, 6.07) is 6.10. The molecular weight excluding hydrogens is 500 g/mol. The van der Waals surface area contributed by atoms with E-state index < -0.39 is 5.97 Å². The average molecular weight is 539 g/mol. The molecule has 0 aliphatic heterocycles. The number of ether oxygens (including phenoxy) is 1. The molecule has 0 bridgehead atoms. The molecule has 1 aromatic heterocycles. The number of esters is 1. The predicted molar refractivity (Wildman–Crippen MR) is 148 cm³/mol. The minimum atomic E-state index is -0.415. The number of carbonyl (C=O) groups is 2. The number of fused-ring (bicyclic) bond motifs is 5. The van der Waals surface area contributed by atoms with Crippen molar-refractivity contribution < 1.29 is 19.2 Å². The molecule has 204 valence electrons. The average Bonchev–Trinajstić information content (AvgIpc) is 3.43. The van der Waals surface area contributed by atoms with Crippen molar-refractivity contribution in [2.24, 2.45) is 34.1 Å². The summed E-state index contributed by atoms with van der Waals surface area (Å²) in [5, 5.41) is 8.15. The zero-order valence-corrected chi connectivity index (χ0v) is 23.3. The number of nitrogens with zero attached hydrogens (tertiary/aromatic N) is 2. The first kappa shape index (κ1) is 26.8. The van der Waals surface area contributed by atoms with Crippen LogP contribution in [0.5, 0.6) is 5.75 Å². The predicted octanol–water partition coefficient (Wildman–Crippen LogP) is 5.21. The van der Waals surface area contributed by atoms with Crippen LogP contribution in [0.1, 0.15) is 73.8 Å². The van der Waals surface area contributed by atoms with Crippen molar-refractivity contribution >= 4 is 34.1 Å². The molecule has 1 amide bonds. The van der Waals surface area contributed by atoms with Crippen LogP contribution in [0.15, 0.2) is 29.6 Å². The Hall–Kier alpha value is -2.78. The highest BCUT2D eigenvalue weighted by Gasteiger charge is 2.57. The van der Waals surface area contributed by atoms with Crippen LogP contribution in [0.2, 0.25) is 0 Å². The zero-order chi connectivity index (χ0) is 26.9. The Balaban J connectivity index is 1.31. The molecule has 2 aromatic rings. The lowest BCUT2D eigenvalue weighted by molar-refractivity contribution is -0.132. The van der Waals surface area contributed by atoms with E-state index in [-0.39, 0.29) is 17.9 Å². The third-order valence-electron chi connectivity index (χ3n) is 9.02. The Morgan fingerprint density at radius 1 is 1.32 bits per heavy atom. The van der Waals surface area contributed by atoms with Gasteiger partial charge in [-0.3, -0.25) is 9.59 Å². The lowest BCUT2D eigenvalue weighted by Gasteiger charge is -2.50. The van der Waals surface area contributed by atoms with Gasteiger partial charge in [-0.15, -0.1) is 11.3 Å². The Morgan fingerprint density at radius 3 is 2.89 bits per heavy atom. The maximum Gasteiger partial charge on any atom is 0.325 e. The van der Waals surface area contributed by atoms with Gasteiger partial charge in [0.25, 0.3) is 0 Å². The summed E-state index contributed by atoms with van der Waals surface area (Å²) >= 11 is 1.50. The minimum absolute atomic E-state index is 0.0244. The fourth-order valence-electron chi connectivity index (χ4n) is 7.51. The van der Waals surface area contributed by atoms with Crippen molar-refractivity contribution in [1.82, 2.24) is 4.98 Å². The lowest BCUT2D eigenvalue weighted by atomic mass is 9.54. The number of aromatic nitrogens is 1. The summed E-state index contributed by atoms with van der Waals surface area (Å²) in [7, 11) is 1.64. The fraction of sp³-hybridized carbons (Fsp3) is 0.586. The van der Waals surface area contributed by atoms with E-state index in [1.54, 1.807) is 13.3 Å². The largest absolute Gasteiger partial charge is 0.426 e. The second-order valence-corrected chi connectivity index (χ2v) is 12.5. The van der Waals surface area contributed by atoms with Gasteiger partial charge in [0, 0.05) is 22.9 Å². The number of hydrogen-bond donors (Lipinski definition) is 2. The monoisotopic (exact) mass is 538 g/mol. The van der Waals surface area contributed by atoms with Crippen LogP contribution in [0.25, 0.3) is 0 Å². The lowest BCUT2D eigenvalue weighted by Crippen LogP contribution is -2.44. The smallest absolute Gasteiger partial charge is 0.325 e. The number of anilines is 1. The van der Waals surface area contributed by atoms with Crippen LogP contribution < -0.4 is 15.8 Å². The highest BCUT2D eigenvalue weighted by atomic mass is 32.1. The molecule has 5 atom stereocenters. The highest BCUT2D eigenvalue weighted by Crippen LogP contribution is 2.62. The Kier molecular flexibility index (Phi) is 7.86. The van der Waals surface area contributed by atoms with Gasteiger partial charge in [0.1, 0.15) is 12.9 Å². The van der Waals surface area contributed by atoms with Crippen molar-refractivity contribution in [3.8, 4) is 5.75 Å². The van der Waals surface area contributed by atoms with E-state index in [4.69, 9.17) is 15.3 Å². The molecule has 1 heterocycles. The van der Waals surface area contributed by atoms with Gasteiger partial charge in [-0.2, -0.15) is 0 Å². The number of benzene rings is 1. The van der Waals surface area contributed by atoms with Crippen molar-refractivity contribution in [3.63, 3.8) is 0 Å². The summed E-state index contributed by atoms with van der Waals surface area (Å²) < 4.78 is 5.38. The first-order valence-electron chi connectivity index (χ1n) is 13.7. The number of carbonyl (C=O) groups excluding carboxylic acids is 2. The second-order valence-electron chi connectivity index (χ2n) is 11.2. The molecule has 9 heteroatoms. The summed E-state index contributed by atoms with van der Waals surface area (Å²) in [5.41, 5.74) is 9.31. The topological polar surface area (TPSA) is 116 Å². The molecule has 3 aliphatic rings. The molecule has 1 aromatic carbocycles. The van der Waals surface area contributed by atoms with Gasteiger partial charge in [0.15, 0.2) is 5.13 Å². The molecule has 0 saturated heterocycles. The van der Waals surface area contributed by atoms with Crippen molar-refractivity contribution in [1.29, 1.82) is 0 Å². The van der Waals surface area contributed by atoms with Crippen LogP contribution in [0, 0.1) is 30.1 Å². The van der Waals surface area contributed by atoms with E-state index in [2.05, 4.69) is 28.4 Å². The van der Waals surface area contributed by atoms with Crippen LogP contribution in [0.4, 0.5) is 5.13 Å². The van der Waals surface area contributed by atoms with E-state index in [0.29, 0.717) is 41.0 Å². The number of oxime groups is 1. The Morgan fingerprint density at radius 2 is 2.16 bits per heavy atom. The van der Waals surface area contributed by atoms with E-state index in [9.17, 15) is 9.59 Å². The maximum absolute atomic E-state index is 12.6. The summed E-state index contributed by atoms with van der Waals surface area (Å²) in [6.45, 7) is 4.25. The molecule has 0 radical (unpaired) electrons. The number of aryl methyl sites for hydroxylation is 2. The molecular formula is C29H38N4O4S. The highest BCUT2D eigenvalue weighted by molar-refractivity contribution is 7.15. The van der Waals surface area contributed by atoms with E-state index in [1.165, 1.54) is 28.2 Å². The molecule has 3 unspecified atom stereocenters. The number of hydrogen-bond acceptors (Lipinski definition) is 8. The SMILES string of the molecule is CO/N=C1\C[C@@H](CCCC(=O)Nc2ncc(C)s2)C2C3CCc4cc(OC(=O)CN)ccc4C3CC[C@]12C. The quantitative estimate of drug-likeness (QED) is 0.271. The molecule has 8 nitrogen and oxygen atoms in total. The van der Waals surface area contributed by atoms with Gasteiger partial charge in [0.2, 0.25) is 5.91 Å². The van der Waals surface area contributed by atoms with Crippen molar-refractivity contribution in [2.45, 2.75) is 71.1 Å². The van der Waals surface area contributed by atoms with Gasteiger partial charge in [-0.1, -0.05) is 18.1 Å². The summed E-state index contributed by atoms with van der Waals surface area (Å²) in [4.78, 5) is 34.9. The summed E-state index contributed by atoms with van der Waals surface area (Å²) in [5.74, 6) is 2.21. The third kappa shape index (κ3) is 5.23. The van der Waals surface area contributed by atoms with Crippen LogP contribution >= 0.6 is 11.3 Å². The number of amides is 1. The Bertz CT molecular complexity index is 1230. The Labute approximate surface area is 228 Å². The van der Waals surface area contributed by atoms with Crippen LogP contribution in [-0.4, -0.2) is 36.2 Å². The first-order valence-corrected chi connectivity index (χ1v) is 14.5. The van der Waals surface area contributed by atoms with Gasteiger partial charge < -0.3 is 20.6 Å². The standard InChI is InChI=1S/C29H38N4O4S/c1-17-16-31-28(38-17)32-25(34)6-4-5-19-14-24(33-36-3)29(2)12-11-22-21-10-8-20(37-26(35)15-30)13-18(21)7-9-23(22)27(19)29/h8,10,13,16,19,22-23,27H,4-7,9,11-12,14-15,30H2,1-3H3,(H,31,32,34)/b33-24+/t19-,22?,23?,27?,29-/m1/s1. The fourth-order valence-corrected chi connectivity index (χ4v) is 8.19. The molecule has 5 rings (SSSR count). The summed E-state index contributed by atoms with van der Waals surface area (Å²) in [6.07, 6.45) is 9.31. The normalized spacial score (nSPS) is 28.8. The van der Waals surface area contributed by atoms with Crippen molar-refractivity contribution in [2.75, 3.05) is 19.0 Å². The number of nitrogens with one attached hydrogen (secondary N) is 1. The van der Waals surface area contributed by atoms with Gasteiger partial charge in [-0.25, -0.2) is 4.98 Å². The van der Waals surface area contributed by atoms with Gasteiger partial charge in [-0.05, 0) is 98.8 Å². The van der Waals surface area contributed by atoms with Gasteiger partial charge in [0.05, 0.1) is 12.3 Å². The zero-order valence-electron chi connectivity index (χ0n) is 22.5. The molecule has 2 saturated carbocycles. The van der Waals surface area contributed by atoms with Gasteiger partial charge >= 0.3 is 5.97 Å². The molecule has 3 aliphatic carbocycles. The molecule has 3 N–H and O–H groups in total. The second kappa shape index (κ2) is 11.1. The molecule has 2 fully saturated rings. The number of nitrogens with two attached hydrogens (primary N) is 1. The van der Waals surface area contributed by atoms with Crippen LogP contribution in [-0.2, 0) is 20.8 Å². The minimum Gasteiger partial charge on any atom is -0.426 e. The number of rotatable bonds is 8.